The molecule has 0 aliphatic carbocycles. The van der Waals surface area contributed by atoms with Crippen molar-refractivity contribution in [2.24, 2.45) is 7.05 Å². The summed E-state index contributed by atoms with van der Waals surface area (Å²) in [6, 6.07) is 7.63. The number of hydrogen-bond donors (Lipinski definition) is 2. The summed E-state index contributed by atoms with van der Waals surface area (Å²) in [6.07, 6.45) is -1.88. The van der Waals surface area contributed by atoms with Crippen molar-refractivity contribution in [3.63, 3.8) is 0 Å². The molecule has 0 radical (unpaired) electrons. The maximum absolute atomic E-state index is 13.7. The number of amides is 2. The number of piperazine rings is 1. The molecule has 8 nitrogen and oxygen atoms in total. The number of rotatable bonds is 5. The van der Waals surface area contributed by atoms with Crippen LogP contribution in [-0.2, 0) is 28.7 Å². The molecule has 1 fully saturated rings. The molecule has 1 aliphatic heterocycles. The van der Waals surface area contributed by atoms with Crippen LogP contribution in [0, 0.1) is 0 Å². The van der Waals surface area contributed by atoms with Crippen molar-refractivity contribution in [2.45, 2.75) is 24.6 Å². The van der Waals surface area contributed by atoms with Crippen LogP contribution in [0.4, 0.5) is 13.2 Å². The van der Waals surface area contributed by atoms with Crippen LogP contribution in [0.5, 0.6) is 0 Å². The van der Waals surface area contributed by atoms with Crippen LogP contribution in [0.25, 0.3) is 10.9 Å². The highest BCUT2D eigenvalue weighted by atomic mass is 19.4. The van der Waals surface area contributed by atoms with Crippen molar-refractivity contribution in [1.82, 2.24) is 24.3 Å². The third-order valence-corrected chi connectivity index (χ3v) is 6.07. The molecule has 2 aromatic heterocycles. The second-order valence-electron chi connectivity index (χ2n) is 8.19. The number of para-hydroxylation sites is 1. The van der Waals surface area contributed by atoms with Crippen LogP contribution < -0.4 is 0 Å². The van der Waals surface area contributed by atoms with E-state index in [2.05, 4.69) is 9.97 Å². The number of fused-ring (bicyclic) bond motifs is 1. The van der Waals surface area contributed by atoms with Crippen LogP contribution >= 0.6 is 0 Å². The molecular formula is C22H24F3N5O3. The zero-order chi connectivity index (χ0) is 23.8. The van der Waals surface area contributed by atoms with Gasteiger partial charge in [-0.15, -0.1) is 0 Å². The van der Waals surface area contributed by atoms with Crippen molar-refractivity contribution in [3.05, 3.63) is 54.2 Å². The molecular weight excluding hydrogens is 439 g/mol. The van der Waals surface area contributed by atoms with Crippen molar-refractivity contribution >= 4 is 22.7 Å². The van der Waals surface area contributed by atoms with E-state index in [0.717, 1.165) is 27.2 Å². The molecule has 1 aliphatic rings. The zero-order valence-electron chi connectivity index (χ0n) is 18.0. The van der Waals surface area contributed by atoms with Gasteiger partial charge < -0.3 is 24.5 Å². The third-order valence-electron chi connectivity index (χ3n) is 6.07. The number of imidazole rings is 1. The van der Waals surface area contributed by atoms with Crippen LogP contribution in [0.1, 0.15) is 17.8 Å². The molecule has 2 amide bonds. The normalized spacial score (nSPS) is 16.8. The van der Waals surface area contributed by atoms with Gasteiger partial charge in [-0.05, 0) is 11.6 Å². The number of aliphatic hydroxyl groups is 1. The summed E-state index contributed by atoms with van der Waals surface area (Å²) in [7, 11) is 1.32. The van der Waals surface area contributed by atoms with E-state index in [4.69, 9.17) is 0 Å². The number of halogens is 3. The largest absolute Gasteiger partial charge is 0.425 e. The number of carbonyl (C=O) groups excluding carboxylic acids is 2. The lowest BCUT2D eigenvalue weighted by Crippen LogP contribution is -2.54. The van der Waals surface area contributed by atoms with Gasteiger partial charge in [-0.3, -0.25) is 9.59 Å². The number of aryl methyl sites for hydroxylation is 1. The first-order valence-corrected chi connectivity index (χ1v) is 10.5. The lowest BCUT2D eigenvalue weighted by atomic mass is 9.96. The second-order valence-corrected chi connectivity index (χ2v) is 8.19. The van der Waals surface area contributed by atoms with Gasteiger partial charge in [-0.25, -0.2) is 4.98 Å². The number of aromatic amines is 1. The maximum atomic E-state index is 13.7. The molecule has 0 bridgehead atoms. The highest BCUT2D eigenvalue weighted by Gasteiger charge is 2.59. The Morgan fingerprint density at radius 3 is 2.33 bits per heavy atom. The van der Waals surface area contributed by atoms with Gasteiger partial charge in [0.15, 0.2) is 5.82 Å². The van der Waals surface area contributed by atoms with Gasteiger partial charge in [-0.2, -0.15) is 13.2 Å². The van der Waals surface area contributed by atoms with Crippen LogP contribution in [-0.4, -0.2) is 73.6 Å². The van der Waals surface area contributed by atoms with Gasteiger partial charge in [-0.1, -0.05) is 18.2 Å². The molecule has 1 saturated heterocycles. The molecule has 1 unspecified atom stereocenters. The van der Waals surface area contributed by atoms with Gasteiger partial charge in [0.25, 0.3) is 0 Å². The van der Waals surface area contributed by atoms with Crippen molar-refractivity contribution in [1.29, 1.82) is 0 Å². The molecule has 11 heteroatoms. The number of nitrogens with zero attached hydrogens (tertiary/aromatic N) is 4. The van der Waals surface area contributed by atoms with E-state index in [1.54, 1.807) is 11.1 Å². The fourth-order valence-electron chi connectivity index (χ4n) is 4.16. The molecule has 0 saturated carbocycles. The molecule has 33 heavy (non-hydrogen) atoms. The maximum Gasteiger partial charge on any atom is 0.425 e. The molecule has 3 heterocycles. The molecule has 0 spiro atoms. The number of H-pyrrole nitrogens is 1. The molecule has 4 rings (SSSR count). The third kappa shape index (κ3) is 4.32. The van der Waals surface area contributed by atoms with Crippen molar-refractivity contribution in [3.8, 4) is 0 Å². The zero-order valence-corrected chi connectivity index (χ0v) is 18.0. The van der Waals surface area contributed by atoms with E-state index in [-0.39, 0.29) is 38.5 Å². The molecule has 2 N–H and O–H groups in total. The Labute approximate surface area is 187 Å². The average Bonchev–Trinajstić information content (AvgIpc) is 3.39. The van der Waals surface area contributed by atoms with E-state index in [9.17, 15) is 27.9 Å². The van der Waals surface area contributed by atoms with Crippen LogP contribution in [0.3, 0.4) is 0 Å². The summed E-state index contributed by atoms with van der Waals surface area (Å²) in [4.78, 5) is 35.0. The monoisotopic (exact) mass is 463 g/mol. The Balaban J connectivity index is 1.38. The Bertz CT molecular complexity index is 1160. The summed E-state index contributed by atoms with van der Waals surface area (Å²) in [5.74, 6) is -1.61. The number of nitrogens with one attached hydrogen (secondary N) is 1. The van der Waals surface area contributed by atoms with E-state index in [0.29, 0.717) is 0 Å². The van der Waals surface area contributed by atoms with Gasteiger partial charge in [0.2, 0.25) is 17.4 Å². The predicted octanol–water partition coefficient (Wildman–Crippen LogP) is 1.95. The van der Waals surface area contributed by atoms with E-state index in [1.165, 1.54) is 18.1 Å². The van der Waals surface area contributed by atoms with Gasteiger partial charge in [0, 0.05) is 62.7 Å². The second kappa shape index (κ2) is 8.54. The van der Waals surface area contributed by atoms with Crippen molar-refractivity contribution in [2.75, 3.05) is 26.2 Å². The van der Waals surface area contributed by atoms with Gasteiger partial charge in [0.05, 0.1) is 12.8 Å². The summed E-state index contributed by atoms with van der Waals surface area (Å²) in [5.41, 5.74) is -1.61. The summed E-state index contributed by atoms with van der Waals surface area (Å²) in [5, 5.41) is 11.4. The fraction of sp³-hybridized carbons (Fsp3) is 0.409. The lowest BCUT2D eigenvalue weighted by molar-refractivity contribution is -0.272. The van der Waals surface area contributed by atoms with Crippen LogP contribution in [0.2, 0.25) is 0 Å². The number of aromatic nitrogens is 3. The quantitative estimate of drug-likeness (QED) is 0.605. The van der Waals surface area contributed by atoms with Gasteiger partial charge >= 0.3 is 6.18 Å². The number of benzene rings is 1. The van der Waals surface area contributed by atoms with E-state index in [1.807, 2.05) is 24.3 Å². The first-order chi connectivity index (χ1) is 15.6. The Morgan fingerprint density at radius 2 is 1.73 bits per heavy atom. The summed E-state index contributed by atoms with van der Waals surface area (Å²) in [6.45, 7) is 0.597. The molecule has 176 valence electrons. The Hall–Kier alpha value is -3.34. The number of carbonyl (C=O) groups is 2. The number of alkyl halides is 3. The smallest absolute Gasteiger partial charge is 0.374 e. The van der Waals surface area contributed by atoms with Crippen molar-refractivity contribution < 1.29 is 27.9 Å². The standard InChI is InChI=1S/C22H24F3N5O3/c1-28-7-6-26-20(28)21(33,22(23,24)25)13-19(32)30-10-8-29(9-11-30)18(31)12-15-14-27-17-5-3-2-4-16(15)17/h2-7,14,27,33H,8-13H2,1H3. The van der Waals surface area contributed by atoms with Crippen LogP contribution in [0.15, 0.2) is 42.9 Å². The number of hydrogen-bond acceptors (Lipinski definition) is 4. The first-order valence-electron chi connectivity index (χ1n) is 10.5. The molecule has 1 atom stereocenters. The SMILES string of the molecule is Cn1ccnc1C(O)(CC(=O)N1CCN(C(=O)Cc2c[nH]c3ccccc23)CC1)C(F)(F)F. The minimum absolute atomic E-state index is 0.0902. The minimum atomic E-state index is -5.08. The Kier molecular flexibility index (Phi) is 5.91. The molecule has 3 aromatic rings. The lowest BCUT2D eigenvalue weighted by Gasteiger charge is -2.37. The Morgan fingerprint density at radius 1 is 1.09 bits per heavy atom. The predicted molar refractivity (Wildman–Crippen MR) is 113 cm³/mol. The molecule has 1 aromatic carbocycles. The fourth-order valence-corrected chi connectivity index (χ4v) is 4.16. The summed E-state index contributed by atoms with van der Waals surface area (Å²) >= 11 is 0. The van der Waals surface area contributed by atoms with E-state index >= 15 is 0 Å². The van der Waals surface area contributed by atoms with Gasteiger partial charge in [0.1, 0.15) is 0 Å². The highest BCUT2D eigenvalue weighted by Crippen LogP contribution is 2.41. The average molecular weight is 463 g/mol. The van der Waals surface area contributed by atoms with E-state index < -0.39 is 29.9 Å². The first kappa shape index (κ1) is 22.8. The summed E-state index contributed by atoms with van der Waals surface area (Å²) < 4.78 is 42.2. The topological polar surface area (TPSA) is 94.5 Å². The highest BCUT2D eigenvalue weighted by molar-refractivity contribution is 5.89. The minimum Gasteiger partial charge on any atom is -0.374 e.